The molecule has 1 aromatic heterocycles. The van der Waals surface area contributed by atoms with Gasteiger partial charge in [0.2, 0.25) is 11.8 Å². The maximum Gasteiger partial charge on any atom is 0.246 e. The van der Waals surface area contributed by atoms with Crippen LogP contribution in [0.2, 0.25) is 0 Å². The number of piperazine rings is 1. The molecule has 178 valence electrons. The van der Waals surface area contributed by atoms with Crippen LogP contribution >= 0.6 is 11.3 Å². The molecule has 0 bridgehead atoms. The highest BCUT2D eigenvalue weighted by Gasteiger charge is 2.53. The van der Waals surface area contributed by atoms with Crippen molar-refractivity contribution in [3.05, 3.63) is 58.3 Å². The third-order valence-electron chi connectivity index (χ3n) is 7.13. The molecule has 2 aliphatic rings. The van der Waals surface area contributed by atoms with Crippen molar-refractivity contribution in [2.75, 3.05) is 19.6 Å². The molecule has 2 saturated heterocycles. The molecular formula is C27H37N3O2S. The summed E-state index contributed by atoms with van der Waals surface area (Å²) < 4.78 is 0. The molecule has 1 N–H and O–H groups in total. The van der Waals surface area contributed by atoms with Crippen molar-refractivity contribution in [3.8, 4) is 0 Å². The minimum Gasteiger partial charge on any atom is -0.342 e. The molecule has 1 aromatic carbocycles. The smallest absolute Gasteiger partial charge is 0.246 e. The van der Waals surface area contributed by atoms with Crippen LogP contribution in [-0.4, -0.2) is 52.8 Å². The number of hydrogen-bond acceptors (Lipinski definition) is 4. The van der Waals surface area contributed by atoms with Gasteiger partial charge >= 0.3 is 0 Å². The molecule has 0 radical (unpaired) electrons. The number of rotatable bonds is 9. The van der Waals surface area contributed by atoms with Gasteiger partial charge in [0, 0.05) is 18.0 Å². The average Bonchev–Trinajstić information content (AvgIpc) is 3.33. The third kappa shape index (κ3) is 5.67. The summed E-state index contributed by atoms with van der Waals surface area (Å²) in [5, 5.41) is 5.15. The quantitative estimate of drug-likeness (QED) is 0.553. The number of aryl methyl sites for hydroxylation is 1. The number of piperidine rings is 1. The minimum absolute atomic E-state index is 0.0491. The average molecular weight is 468 g/mol. The predicted octanol–water partition coefficient (Wildman–Crippen LogP) is 4.48. The van der Waals surface area contributed by atoms with E-state index in [2.05, 4.69) is 60.5 Å². The van der Waals surface area contributed by atoms with Crippen LogP contribution < -0.4 is 5.32 Å². The number of likely N-dealkylation sites (tertiary alicyclic amines) is 1. The monoisotopic (exact) mass is 467 g/mol. The Hall–Kier alpha value is -2.18. The highest BCUT2D eigenvalue weighted by Crippen LogP contribution is 2.35. The number of nitrogens with one attached hydrogen (secondary N) is 1. The third-order valence-corrected chi connectivity index (χ3v) is 7.99. The summed E-state index contributed by atoms with van der Waals surface area (Å²) in [5.41, 5.74) is 0.683. The zero-order chi connectivity index (χ0) is 23.3. The number of amides is 2. The lowest BCUT2D eigenvalue weighted by molar-refractivity contribution is -0.162. The van der Waals surface area contributed by atoms with E-state index in [4.69, 9.17) is 0 Å². The molecule has 0 saturated carbocycles. The molecule has 0 unspecified atom stereocenters. The number of unbranched alkanes of at least 4 members (excludes halogenated alkanes) is 1. The first-order chi connectivity index (χ1) is 16.0. The molecule has 2 amide bonds. The Labute approximate surface area is 202 Å². The highest BCUT2D eigenvalue weighted by molar-refractivity contribution is 7.09. The van der Waals surface area contributed by atoms with Gasteiger partial charge in [0.1, 0.15) is 11.6 Å². The Balaban J connectivity index is 1.38. The first kappa shape index (κ1) is 24.0. The van der Waals surface area contributed by atoms with E-state index in [1.54, 1.807) is 11.3 Å². The van der Waals surface area contributed by atoms with E-state index < -0.39 is 11.6 Å². The fraction of sp³-hybridized carbons (Fsp3) is 0.556. The Kier molecular flexibility index (Phi) is 7.86. The number of thiophene rings is 1. The van der Waals surface area contributed by atoms with Crippen LogP contribution in [0.4, 0.5) is 0 Å². The summed E-state index contributed by atoms with van der Waals surface area (Å²) in [6.45, 7) is 7.52. The predicted molar refractivity (Wildman–Crippen MR) is 134 cm³/mol. The zero-order valence-electron chi connectivity index (χ0n) is 20.0. The second-order valence-electron chi connectivity index (χ2n) is 9.98. The Morgan fingerprint density at radius 2 is 1.82 bits per heavy atom. The standard InChI is InChI=1S/C27H37N3O2S/c1-21(2)19-24-25(31)30(20-23-12-8-18-33-23)27(26(32)28-24)13-16-29(17-14-27)15-7-6-11-22-9-4-3-5-10-22/h3-5,8-10,12,18,21,24H,6-7,11,13-17,19-20H2,1-2H3,(H,28,32)/t24-/m0/s1. The molecule has 6 heteroatoms. The first-order valence-corrected chi connectivity index (χ1v) is 13.3. The molecule has 4 rings (SSSR count). The van der Waals surface area contributed by atoms with Crippen LogP contribution in [0.15, 0.2) is 47.8 Å². The molecule has 1 spiro atoms. The second-order valence-corrected chi connectivity index (χ2v) is 11.0. The van der Waals surface area contributed by atoms with Crippen LogP contribution in [0.25, 0.3) is 0 Å². The Morgan fingerprint density at radius 3 is 2.48 bits per heavy atom. The molecule has 2 fully saturated rings. The zero-order valence-corrected chi connectivity index (χ0v) is 20.8. The van der Waals surface area contributed by atoms with Gasteiger partial charge < -0.3 is 15.1 Å². The lowest BCUT2D eigenvalue weighted by Crippen LogP contribution is -2.72. The normalized spacial score (nSPS) is 21.1. The molecule has 0 aliphatic carbocycles. The number of benzene rings is 1. The summed E-state index contributed by atoms with van der Waals surface area (Å²) in [7, 11) is 0. The Bertz CT molecular complexity index is 905. The topological polar surface area (TPSA) is 52.7 Å². The van der Waals surface area contributed by atoms with Crippen molar-refractivity contribution >= 4 is 23.2 Å². The number of hydrogen-bond donors (Lipinski definition) is 1. The Morgan fingerprint density at radius 1 is 1.06 bits per heavy atom. The lowest BCUT2D eigenvalue weighted by Gasteiger charge is -2.51. The molecular weight excluding hydrogens is 430 g/mol. The van der Waals surface area contributed by atoms with E-state index in [1.165, 1.54) is 12.0 Å². The molecule has 2 aromatic rings. The van der Waals surface area contributed by atoms with Crippen LogP contribution in [0.3, 0.4) is 0 Å². The lowest BCUT2D eigenvalue weighted by atomic mass is 9.81. The number of nitrogens with zero attached hydrogens (tertiary/aromatic N) is 2. The van der Waals surface area contributed by atoms with Crippen molar-refractivity contribution in [2.24, 2.45) is 5.92 Å². The van der Waals surface area contributed by atoms with Gasteiger partial charge in [0.25, 0.3) is 0 Å². The van der Waals surface area contributed by atoms with Gasteiger partial charge in [0.05, 0.1) is 6.54 Å². The summed E-state index contributed by atoms with van der Waals surface area (Å²) in [5.74, 6) is 0.496. The van der Waals surface area contributed by atoms with Crippen molar-refractivity contribution in [1.29, 1.82) is 0 Å². The summed E-state index contributed by atoms with van der Waals surface area (Å²) in [4.78, 5) is 32.5. The fourth-order valence-electron chi connectivity index (χ4n) is 5.25. The highest BCUT2D eigenvalue weighted by atomic mass is 32.1. The molecule has 2 aliphatic heterocycles. The van der Waals surface area contributed by atoms with E-state index >= 15 is 0 Å². The van der Waals surface area contributed by atoms with Gasteiger partial charge in [-0.2, -0.15) is 0 Å². The van der Waals surface area contributed by atoms with Crippen LogP contribution in [-0.2, 0) is 22.6 Å². The van der Waals surface area contributed by atoms with Crippen molar-refractivity contribution in [1.82, 2.24) is 15.1 Å². The summed E-state index contributed by atoms with van der Waals surface area (Å²) in [6, 6.07) is 14.3. The van der Waals surface area contributed by atoms with Gasteiger partial charge in [-0.15, -0.1) is 11.3 Å². The SMILES string of the molecule is CC(C)C[C@@H]1NC(=O)C2(CCN(CCCCc3ccccc3)CC2)N(Cc2cccs2)C1=O. The number of carbonyl (C=O) groups excluding carboxylic acids is 2. The van der Waals surface area contributed by atoms with Gasteiger partial charge in [-0.3, -0.25) is 9.59 Å². The second kappa shape index (κ2) is 10.8. The van der Waals surface area contributed by atoms with E-state index in [-0.39, 0.29) is 11.8 Å². The van der Waals surface area contributed by atoms with E-state index in [0.717, 1.165) is 37.4 Å². The molecule has 5 nitrogen and oxygen atoms in total. The van der Waals surface area contributed by atoms with Crippen LogP contribution in [0.1, 0.15) is 56.4 Å². The molecule has 33 heavy (non-hydrogen) atoms. The minimum atomic E-state index is -0.713. The van der Waals surface area contributed by atoms with Gasteiger partial charge in [-0.05, 0) is 68.0 Å². The van der Waals surface area contributed by atoms with Crippen molar-refractivity contribution < 1.29 is 9.59 Å². The van der Waals surface area contributed by atoms with Crippen LogP contribution in [0.5, 0.6) is 0 Å². The van der Waals surface area contributed by atoms with Gasteiger partial charge in [-0.25, -0.2) is 0 Å². The van der Waals surface area contributed by atoms with Gasteiger partial charge in [0.15, 0.2) is 0 Å². The fourth-order valence-corrected chi connectivity index (χ4v) is 5.94. The summed E-state index contributed by atoms with van der Waals surface area (Å²) >= 11 is 1.66. The largest absolute Gasteiger partial charge is 0.342 e. The van der Waals surface area contributed by atoms with E-state index in [9.17, 15) is 9.59 Å². The van der Waals surface area contributed by atoms with Gasteiger partial charge in [-0.1, -0.05) is 50.2 Å². The number of carbonyl (C=O) groups is 2. The van der Waals surface area contributed by atoms with E-state index in [1.807, 2.05) is 16.3 Å². The maximum absolute atomic E-state index is 13.5. The van der Waals surface area contributed by atoms with E-state index in [0.29, 0.717) is 31.7 Å². The summed E-state index contributed by atoms with van der Waals surface area (Å²) in [6.07, 6.45) is 5.55. The van der Waals surface area contributed by atoms with Crippen molar-refractivity contribution in [2.45, 2.75) is 70.5 Å². The van der Waals surface area contributed by atoms with Crippen LogP contribution in [0, 0.1) is 5.92 Å². The molecule has 3 heterocycles. The molecule has 1 atom stereocenters. The maximum atomic E-state index is 13.5. The van der Waals surface area contributed by atoms with Crippen molar-refractivity contribution in [3.63, 3.8) is 0 Å². The first-order valence-electron chi connectivity index (χ1n) is 12.4.